The molecule has 0 aliphatic heterocycles. The number of aryl methyl sites for hydroxylation is 1. The van der Waals surface area contributed by atoms with Gasteiger partial charge >= 0.3 is 0 Å². The topological polar surface area (TPSA) is 39.4 Å². The Labute approximate surface area is 146 Å². The fourth-order valence-corrected chi connectivity index (χ4v) is 2.75. The van der Waals surface area contributed by atoms with E-state index >= 15 is 0 Å². The van der Waals surface area contributed by atoms with Crippen LogP contribution in [0.25, 0.3) is 5.69 Å². The minimum Gasteiger partial charge on any atom is -0.481 e. The van der Waals surface area contributed by atoms with E-state index < -0.39 is 0 Å². The molecule has 0 unspecified atom stereocenters. The first-order valence-electron chi connectivity index (χ1n) is 7.57. The van der Waals surface area contributed by atoms with Crippen LogP contribution in [0.4, 0.5) is 5.69 Å². The van der Waals surface area contributed by atoms with Crippen molar-refractivity contribution in [3.05, 3.63) is 70.6 Å². The number of halogens is 1. The number of methoxy groups -OCH3 is 1. The SMILES string of the molecule is COc1ccc(N=Cc2cc(C)n(-c3ccc(Cl)cc3)c2C)cn1. The number of benzene rings is 1. The van der Waals surface area contributed by atoms with Gasteiger partial charge in [0.15, 0.2) is 0 Å². The maximum Gasteiger partial charge on any atom is 0.213 e. The van der Waals surface area contributed by atoms with Crippen LogP contribution < -0.4 is 4.74 Å². The molecule has 3 aromatic rings. The van der Waals surface area contributed by atoms with E-state index in [9.17, 15) is 0 Å². The minimum atomic E-state index is 0.579. The molecule has 2 aromatic heterocycles. The average Bonchev–Trinajstić information content (AvgIpc) is 2.88. The van der Waals surface area contributed by atoms with Gasteiger partial charge in [0.1, 0.15) is 0 Å². The molecular weight excluding hydrogens is 322 g/mol. The van der Waals surface area contributed by atoms with Crippen LogP contribution in [0.15, 0.2) is 53.7 Å². The van der Waals surface area contributed by atoms with Gasteiger partial charge in [-0.3, -0.25) is 4.99 Å². The van der Waals surface area contributed by atoms with Crippen LogP contribution in [0.5, 0.6) is 5.88 Å². The summed E-state index contributed by atoms with van der Waals surface area (Å²) in [7, 11) is 1.59. The first-order chi connectivity index (χ1) is 11.6. The fraction of sp³-hybridized carbons (Fsp3) is 0.158. The van der Waals surface area contributed by atoms with Crippen LogP contribution in [-0.2, 0) is 0 Å². The van der Waals surface area contributed by atoms with Crippen molar-refractivity contribution in [2.24, 2.45) is 4.99 Å². The van der Waals surface area contributed by atoms with E-state index in [1.807, 2.05) is 36.5 Å². The number of hydrogen-bond acceptors (Lipinski definition) is 3. The normalized spacial score (nSPS) is 11.2. The monoisotopic (exact) mass is 339 g/mol. The van der Waals surface area contributed by atoms with Crippen LogP contribution >= 0.6 is 11.6 Å². The summed E-state index contributed by atoms with van der Waals surface area (Å²) in [6.07, 6.45) is 3.55. The van der Waals surface area contributed by atoms with E-state index in [0.717, 1.165) is 33.3 Å². The third-order valence-electron chi connectivity index (χ3n) is 3.84. The smallest absolute Gasteiger partial charge is 0.213 e. The van der Waals surface area contributed by atoms with Crippen molar-refractivity contribution in [2.75, 3.05) is 7.11 Å². The summed E-state index contributed by atoms with van der Waals surface area (Å²) in [6, 6.07) is 13.6. The quantitative estimate of drug-likeness (QED) is 0.634. The number of rotatable bonds is 4. The van der Waals surface area contributed by atoms with Crippen LogP contribution in [0, 0.1) is 13.8 Å². The second-order valence-corrected chi connectivity index (χ2v) is 5.89. The molecule has 0 bridgehead atoms. The zero-order chi connectivity index (χ0) is 17.1. The molecule has 0 aliphatic carbocycles. The summed E-state index contributed by atoms with van der Waals surface area (Å²) in [5.74, 6) is 0.579. The first kappa shape index (κ1) is 16.3. The molecule has 24 heavy (non-hydrogen) atoms. The molecule has 122 valence electrons. The zero-order valence-corrected chi connectivity index (χ0v) is 14.6. The third-order valence-corrected chi connectivity index (χ3v) is 4.09. The van der Waals surface area contributed by atoms with Crippen molar-refractivity contribution in [2.45, 2.75) is 13.8 Å². The van der Waals surface area contributed by atoms with E-state index in [0.29, 0.717) is 5.88 Å². The predicted molar refractivity (Wildman–Crippen MR) is 98.3 cm³/mol. The zero-order valence-electron chi connectivity index (χ0n) is 13.8. The highest BCUT2D eigenvalue weighted by molar-refractivity contribution is 6.30. The fourth-order valence-electron chi connectivity index (χ4n) is 2.62. The Morgan fingerprint density at radius 1 is 1.12 bits per heavy atom. The van der Waals surface area contributed by atoms with Crippen molar-refractivity contribution >= 4 is 23.5 Å². The second-order valence-electron chi connectivity index (χ2n) is 5.46. The number of aliphatic imine (C=N–C) groups is 1. The van der Waals surface area contributed by atoms with Gasteiger partial charge in [-0.1, -0.05) is 11.6 Å². The van der Waals surface area contributed by atoms with E-state index in [2.05, 4.69) is 34.5 Å². The molecule has 0 saturated carbocycles. The molecule has 5 heteroatoms. The van der Waals surface area contributed by atoms with Gasteiger partial charge in [0.05, 0.1) is 19.0 Å². The lowest BCUT2D eigenvalue weighted by atomic mass is 10.2. The molecule has 0 radical (unpaired) electrons. The molecule has 0 fully saturated rings. The number of aromatic nitrogens is 2. The predicted octanol–water partition coefficient (Wildman–Crippen LogP) is 4.90. The van der Waals surface area contributed by atoms with Crippen molar-refractivity contribution in [3.8, 4) is 11.6 Å². The standard InChI is InChI=1S/C19H18ClN3O/c1-13-10-15(11-21-17-6-9-19(24-3)22-12-17)14(2)23(13)18-7-4-16(20)5-8-18/h4-12H,1-3H3. The van der Waals surface area contributed by atoms with Gasteiger partial charge in [0, 0.05) is 39.9 Å². The lowest BCUT2D eigenvalue weighted by Gasteiger charge is -2.09. The van der Waals surface area contributed by atoms with Gasteiger partial charge in [0.2, 0.25) is 5.88 Å². The minimum absolute atomic E-state index is 0.579. The Morgan fingerprint density at radius 2 is 1.88 bits per heavy atom. The van der Waals surface area contributed by atoms with Gasteiger partial charge in [-0.15, -0.1) is 0 Å². The first-order valence-corrected chi connectivity index (χ1v) is 7.95. The van der Waals surface area contributed by atoms with E-state index in [-0.39, 0.29) is 0 Å². The molecular formula is C19H18ClN3O. The Morgan fingerprint density at radius 3 is 2.50 bits per heavy atom. The molecule has 0 atom stereocenters. The van der Waals surface area contributed by atoms with Crippen molar-refractivity contribution < 1.29 is 4.74 Å². The van der Waals surface area contributed by atoms with E-state index in [1.54, 1.807) is 19.4 Å². The van der Waals surface area contributed by atoms with Crippen molar-refractivity contribution in [1.82, 2.24) is 9.55 Å². The Bertz CT molecular complexity index is 865. The lowest BCUT2D eigenvalue weighted by molar-refractivity contribution is 0.398. The molecule has 0 saturated heterocycles. The highest BCUT2D eigenvalue weighted by Gasteiger charge is 2.09. The number of pyridine rings is 1. The van der Waals surface area contributed by atoms with Crippen LogP contribution in [-0.4, -0.2) is 22.9 Å². The van der Waals surface area contributed by atoms with Gasteiger partial charge in [-0.25, -0.2) is 4.98 Å². The summed E-state index contributed by atoms with van der Waals surface area (Å²) < 4.78 is 7.24. The molecule has 0 amide bonds. The van der Waals surface area contributed by atoms with E-state index in [1.165, 1.54) is 0 Å². The Balaban J connectivity index is 1.90. The van der Waals surface area contributed by atoms with Crippen LogP contribution in [0.1, 0.15) is 17.0 Å². The van der Waals surface area contributed by atoms with Crippen molar-refractivity contribution in [3.63, 3.8) is 0 Å². The highest BCUT2D eigenvalue weighted by atomic mass is 35.5. The largest absolute Gasteiger partial charge is 0.481 e. The summed E-state index contributed by atoms with van der Waals surface area (Å²) in [4.78, 5) is 8.65. The Kier molecular flexibility index (Phi) is 4.67. The summed E-state index contributed by atoms with van der Waals surface area (Å²) >= 11 is 5.98. The van der Waals surface area contributed by atoms with Gasteiger partial charge in [-0.2, -0.15) is 0 Å². The lowest BCUT2D eigenvalue weighted by Crippen LogP contribution is -1.99. The van der Waals surface area contributed by atoms with E-state index in [4.69, 9.17) is 16.3 Å². The molecule has 3 rings (SSSR count). The average molecular weight is 340 g/mol. The summed E-state index contributed by atoms with van der Waals surface area (Å²) in [6.45, 7) is 4.16. The molecule has 0 aliphatic rings. The maximum atomic E-state index is 5.98. The Hall–Kier alpha value is -2.59. The summed E-state index contributed by atoms with van der Waals surface area (Å²) in [5.41, 5.74) is 5.20. The van der Waals surface area contributed by atoms with Gasteiger partial charge in [0.25, 0.3) is 0 Å². The highest BCUT2D eigenvalue weighted by Crippen LogP contribution is 2.22. The third kappa shape index (κ3) is 3.34. The molecule has 0 spiro atoms. The molecule has 2 heterocycles. The molecule has 1 aromatic carbocycles. The van der Waals surface area contributed by atoms with Crippen molar-refractivity contribution in [1.29, 1.82) is 0 Å². The number of ether oxygens (including phenoxy) is 1. The van der Waals surface area contributed by atoms with Crippen LogP contribution in [0.2, 0.25) is 5.02 Å². The van der Waals surface area contributed by atoms with Gasteiger partial charge < -0.3 is 9.30 Å². The summed E-state index contributed by atoms with van der Waals surface area (Å²) in [5, 5.41) is 0.731. The molecule has 4 nitrogen and oxygen atoms in total. The maximum absolute atomic E-state index is 5.98. The van der Waals surface area contributed by atoms with Gasteiger partial charge in [-0.05, 0) is 50.2 Å². The number of hydrogen-bond donors (Lipinski definition) is 0. The second kappa shape index (κ2) is 6.89. The van der Waals surface area contributed by atoms with Crippen LogP contribution in [0.3, 0.4) is 0 Å². The number of nitrogens with zero attached hydrogens (tertiary/aromatic N) is 3. The molecule has 0 N–H and O–H groups in total.